The molecule has 3 nitrogen and oxygen atoms in total. The van der Waals surface area contributed by atoms with E-state index < -0.39 is 0 Å². The van der Waals surface area contributed by atoms with Crippen molar-refractivity contribution in [2.75, 3.05) is 7.11 Å². The second-order valence-corrected chi connectivity index (χ2v) is 5.59. The third-order valence-electron chi connectivity index (χ3n) is 3.82. The first-order valence-electron chi connectivity index (χ1n) is 6.09. The van der Waals surface area contributed by atoms with E-state index in [9.17, 15) is 0 Å². The van der Waals surface area contributed by atoms with Crippen LogP contribution in [0.1, 0.15) is 37.3 Å². The number of nitrogens with one attached hydrogen (secondary N) is 1. The molecule has 0 bridgehead atoms. The highest BCUT2D eigenvalue weighted by Crippen LogP contribution is 2.44. The van der Waals surface area contributed by atoms with E-state index in [4.69, 9.17) is 33.8 Å². The topological polar surface area (TPSA) is 47.3 Å². The Bertz CT molecular complexity index is 419. The molecule has 0 radical (unpaired) electrons. The number of methoxy groups -OCH3 is 1. The quantitative estimate of drug-likeness (QED) is 0.659. The van der Waals surface area contributed by atoms with Crippen LogP contribution in [0.2, 0.25) is 10.0 Å². The largest absolute Gasteiger partial charge is 0.376 e. The number of hydrogen-bond donors (Lipinski definition) is 2. The van der Waals surface area contributed by atoms with Gasteiger partial charge in [0, 0.05) is 17.2 Å². The predicted molar refractivity (Wildman–Crippen MR) is 74.7 cm³/mol. The molecule has 2 rings (SSSR count). The molecule has 0 spiro atoms. The van der Waals surface area contributed by atoms with Crippen LogP contribution in [0.15, 0.2) is 18.2 Å². The molecule has 0 saturated heterocycles. The van der Waals surface area contributed by atoms with Crippen LogP contribution >= 0.6 is 23.2 Å². The van der Waals surface area contributed by atoms with Crippen LogP contribution in [-0.4, -0.2) is 12.7 Å². The molecule has 1 atom stereocenters. The van der Waals surface area contributed by atoms with Crippen molar-refractivity contribution in [3.05, 3.63) is 33.8 Å². The standard InChI is InChI=1S/C13H18Cl2N2O/c1-18-13(6-2-3-7-13)12(17-16)10-8-9(14)4-5-11(10)15/h4-5,8,12,17H,2-3,6-7,16H2,1H3. The van der Waals surface area contributed by atoms with Crippen molar-refractivity contribution in [1.82, 2.24) is 5.43 Å². The molecule has 1 aromatic carbocycles. The number of benzene rings is 1. The lowest BCUT2D eigenvalue weighted by Crippen LogP contribution is -2.46. The van der Waals surface area contributed by atoms with E-state index in [-0.39, 0.29) is 11.6 Å². The summed E-state index contributed by atoms with van der Waals surface area (Å²) in [6.45, 7) is 0. The summed E-state index contributed by atoms with van der Waals surface area (Å²) >= 11 is 12.3. The summed E-state index contributed by atoms with van der Waals surface area (Å²) in [4.78, 5) is 0. The number of hydrogen-bond acceptors (Lipinski definition) is 3. The van der Waals surface area contributed by atoms with Gasteiger partial charge in [0.1, 0.15) is 0 Å². The molecule has 0 aliphatic heterocycles. The first kappa shape index (κ1) is 14.1. The Morgan fingerprint density at radius 1 is 1.33 bits per heavy atom. The van der Waals surface area contributed by atoms with Gasteiger partial charge in [-0.15, -0.1) is 0 Å². The van der Waals surface area contributed by atoms with Gasteiger partial charge < -0.3 is 4.74 Å². The van der Waals surface area contributed by atoms with Gasteiger partial charge in [0.25, 0.3) is 0 Å². The average Bonchev–Trinajstić information content (AvgIpc) is 2.84. The van der Waals surface area contributed by atoms with Gasteiger partial charge in [-0.05, 0) is 36.6 Å². The van der Waals surface area contributed by atoms with Crippen molar-refractivity contribution in [2.45, 2.75) is 37.3 Å². The van der Waals surface area contributed by atoms with E-state index in [1.165, 1.54) is 0 Å². The second kappa shape index (κ2) is 5.76. The highest BCUT2D eigenvalue weighted by molar-refractivity contribution is 6.33. The lowest BCUT2D eigenvalue weighted by Gasteiger charge is -2.36. The Balaban J connectivity index is 2.40. The van der Waals surface area contributed by atoms with Crippen LogP contribution in [0.25, 0.3) is 0 Å². The summed E-state index contributed by atoms with van der Waals surface area (Å²) in [6, 6.07) is 5.28. The zero-order valence-corrected chi connectivity index (χ0v) is 11.9. The Morgan fingerprint density at radius 3 is 2.56 bits per heavy atom. The minimum absolute atomic E-state index is 0.142. The molecular formula is C13H18Cl2N2O. The van der Waals surface area contributed by atoms with Gasteiger partial charge in [-0.2, -0.15) is 0 Å². The SMILES string of the molecule is COC1(C(NN)c2cc(Cl)ccc2Cl)CCCC1. The third kappa shape index (κ3) is 2.51. The summed E-state index contributed by atoms with van der Waals surface area (Å²) in [5.74, 6) is 5.73. The van der Waals surface area contributed by atoms with E-state index in [0.717, 1.165) is 31.2 Å². The first-order valence-corrected chi connectivity index (χ1v) is 6.85. The number of rotatable bonds is 4. The highest BCUT2D eigenvalue weighted by Gasteiger charge is 2.42. The van der Waals surface area contributed by atoms with Crippen LogP contribution in [-0.2, 0) is 4.74 Å². The lowest BCUT2D eigenvalue weighted by molar-refractivity contribution is -0.0368. The summed E-state index contributed by atoms with van der Waals surface area (Å²) in [7, 11) is 1.73. The van der Waals surface area contributed by atoms with Crippen molar-refractivity contribution in [2.24, 2.45) is 5.84 Å². The van der Waals surface area contributed by atoms with Crippen molar-refractivity contribution >= 4 is 23.2 Å². The number of hydrazine groups is 1. The fourth-order valence-electron chi connectivity index (χ4n) is 2.84. The van der Waals surface area contributed by atoms with Crippen LogP contribution in [0.4, 0.5) is 0 Å². The lowest BCUT2D eigenvalue weighted by atomic mass is 9.87. The van der Waals surface area contributed by atoms with Gasteiger partial charge in [0.2, 0.25) is 0 Å². The smallest absolute Gasteiger partial charge is 0.0886 e. The maximum atomic E-state index is 6.26. The van der Waals surface area contributed by atoms with Crippen molar-refractivity contribution in [1.29, 1.82) is 0 Å². The van der Waals surface area contributed by atoms with E-state index in [1.807, 2.05) is 6.07 Å². The van der Waals surface area contributed by atoms with Crippen molar-refractivity contribution in [3.8, 4) is 0 Å². The van der Waals surface area contributed by atoms with Gasteiger partial charge >= 0.3 is 0 Å². The van der Waals surface area contributed by atoms with Crippen LogP contribution in [0, 0.1) is 0 Å². The fraction of sp³-hybridized carbons (Fsp3) is 0.538. The first-order chi connectivity index (χ1) is 8.63. The molecule has 1 fully saturated rings. The monoisotopic (exact) mass is 288 g/mol. The summed E-state index contributed by atoms with van der Waals surface area (Å²) in [5.41, 5.74) is 3.46. The molecule has 1 aliphatic rings. The van der Waals surface area contributed by atoms with Crippen LogP contribution in [0.3, 0.4) is 0 Å². The summed E-state index contributed by atoms with van der Waals surface area (Å²) in [6.07, 6.45) is 4.23. The molecule has 100 valence electrons. The van der Waals surface area contributed by atoms with Gasteiger partial charge in [0.05, 0.1) is 11.6 Å². The maximum Gasteiger partial charge on any atom is 0.0886 e. The summed E-state index contributed by atoms with van der Waals surface area (Å²) in [5, 5.41) is 1.31. The number of halogens is 2. The zero-order valence-electron chi connectivity index (χ0n) is 10.4. The minimum Gasteiger partial charge on any atom is -0.376 e. The van der Waals surface area contributed by atoms with Crippen LogP contribution in [0.5, 0.6) is 0 Å². The normalized spacial score (nSPS) is 20.0. The van der Waals surface area contributed by atoms with E-state index in [1.54, 1.807) is 19.2 Å². The van der Waals surface area contributed by atoms with Crippen LogP contribution < -0.4 is 11.3 Å². The van der Waals surface area contributed by atoms with E-state index >= 15 is 0 Å². The molecule has 1 unspecified atom stereocenters. The Kier molecular flexibility index (Phi) is 4.51. The maximum absolute atomic E-state index is 6.26. The molecule has 0 amide bonds. The number of ether oxygens (including phenoxy) is 1. The highest BCUT2D eigenvalue weighted by atomic mass is 35.5. The Morgan fingerprint density at radius 2 is 2.00 bits per heavy atom. The average molecular weight is 289 g/mol. The molecule has 1 aromatic rings. The zero-order chi connectivity index (χ0) is 13.2. The third-order valence-corrected chi connectivity index (χ3v) is 4.40. The Labute approximate surface area is 118 Å². The molecular weight excluding hydrogens is 271 g/mol. The second-order valence-electron chi connectivity index (χ2n) is 4.74. The van der Waals surface area contributed by atoms with Gasteiger partial charge in [-0.1, -0.05) is 36.0 Å². The molecule has 1 aliphatic carbocycles. The van der Waals surface area contributed by atoms with Gasteiger partial charge in [0.15, 0.2) is 0 Å². The summed E-state index contributed by atoms with van der Waals surface area (Å²) < 4.78 is 5.76. The molecule has 0 aromatic heterocycles. The minimum atomic E-state index is -0.289. The molecule has 0 heterocycles. The number of nitrogens with two attached hydrogens (primary N) is 1. The molecule has 3 N–H and O–H groups in total. The predicted octanol–water partition coefficient (Wildman–Crippen LogP) is 3.46. The van der Waals surface area contributed by atoms with Gasteiger partial charge in [-0.3, -0.25) is 11.3 Å². The molecule has 1 saturated carbocycles. The van der Waals surface area contributed by atoms with Gasteiger partial charge in [-0.25, -0.2) is 0 Å². The molecule has 5 heteroatoms. The Hall–Kier alpha value is -0.320. The fourth-order valence-corrected chi connectivity index (χ4v) is 3.25. The van der Waals surface area contributed by atoms with Crippen molar-refractivity contribution < 1.29 is 4.74 Å². The molecule has 18 heavy (non-hydrogen) atoms. The van der Waals surface area contributed by atoms with E-state index in [0.29, 0.717) is 10.0 Å². The van der Waals surface area contributed by atoms with E-state index in [2.05, 4.69) is 5.43 Å². The van der Waals surface area contributed by atoms with Crippen molar-refractivity contribution in [3.63, 3.8) is 0 Å².